The molecule has 2 heterocycles. The smallest absolute Gasteiger partial charge is 0.335 e. The monoisotopic (exact) mass is 250 g/mol. The molecule has 2 aromatic heterocycles. The quantitative estimate of drug-likeness (QED) is 0.839. The molecule has 0 aliphatic carbocycles. The molecule has 6 nitrogen and oxygen atoms in total. The lowest BCUT2D eigenvalue weighted by Gasteiger charge is -1.99. The van der Waals surface area contributed by atoms with Crippen LogP contribution in [0.25, 0.3) is 0 Å². The molecule has 2 rings (SSSR count). The molecule has 0 spiro atoms. The van der Waals surface area contributed by atoms with E-state index >= 15 is 0 Å². The molecule has 0 saturated carbocycles. The van der Waals surface area contributed by atoms with Crippen molar-refractivity contribution in [2.45, 2.75) is 27.0 Å². The van der Waals surface area contributed by atoms with E-state index in [0.29, 0.717) is 12.6 Å². The lowest BCUT2D eigenvalue weighted by atomic mass is 10.2. The Morgan fingerprint density at radius 1 is 1.50 bits per heavy atom. The van der Waals surface area contributed by atoms with E-state index in [1.807, 2.05) is 13.0 Å². The zero-order valence-electron chi connectivity index (χ0n) is 10.9. The van der Waals surface area contributed by atoms with E-state index in [0.717, 1.165) is 30.2 Å². The minimum Gasteiger partial charge on any atom is -0.461 e. The van der Waals surface area contributed by atoms with Gasteiger partial charge in [-0.2, -0.15) is 4.98 Å². The molecule has 0 amide bonds. The average Bonchev–Trinajstić information content (AvgIpc) is 2.91. The summed E-state index contributed by atoms with van der Waals surface area (Å²) in [7, 11) is 1.80. The van der Waals surface area contributed by atoms with Gasteiger partial charge in [-0.25, -0.2) is 0 Å². The molecule has 0 aromatic carbocycles. The van der Waals surface area contributed by atoms with Crippen LogP contribution >= 0.6 is 0 Å². The Kier molecular flexibility index (Phi) is 3.99. The summed E-state index contributed by atoms with van der Waals surface area (Å²) in [6.07, 6.45) is 1.60. The van der Waals surface area contributed by atoms with Crippen LogP contribution < -0.4 is 10.1 Å². The molecule has 0 unspecified atom stereocenters. The Morgan fingerprint density at radius 3 is 3.00 bits per heavy atom. The highest BCUT2D eigenvalue weighted by Gasteiger charge is 2.08. The number of nitrogens with zero attached hydrogens (tertiary/aromatic N) is 3. The highest BCUT2D eigenvalue weighted by atomic mass is 16.5. The minimum atomic E-state index is 0.344. The summed E-state index contributed by atoms with van der Waals surface area (Å²) in [5, 5.41) is 7.27. The van der Waals surface area contributed by atoms with E-state index < -0.39 is 0 Å². The Balaban J connectivity index is 1.93. The van der Waals surface area contributed by atoms with Gasteiger partial charge in [0.25, 0.3) is 0 Å². The van der Waals surface area contributed by atoms with Gasteiger partial charge in [-0.3, -0.25) is 4.68 Å². The predicted molar refractivity (Wildman–Crippen MR) is 66.2 cm³/mol. The van der Waals surface area contributed by atoms with E-state index in [-0.39, 0.29) is 0 Å². The standard InChI is InChI=1S/C12H18N4O2/c1-4-13-6-11-9(2)5-10(18-11)7-17-12-14-8-16(3)15-12/h5,8,13H,4,6-7H2,1-3H3. The second-order valence-electron chi connectivity index (χ2n) is 4.09. The lowest BCUT2D eigenvalue weighted by Crippen LogP contribution is -2.11. The zero-order valence-corrected chi connectivity index (χ0v) is 10.9. The maximum absolute atomic E-state index is 5.70. The number of hydrogen-bond donors (Lipinski definition) is 1. The van der Waals surface area contributed by atoms with Crippen LogP contribution in [0, 0.1) is 6.92 Å². The topological polar surface area (TPSA) is 65.1 Å². The number of ether oxygens (including phenoxy) is 1. The van der Waals surface area contributed by atoms with Crippen LogP contribution in [0.2, 0.25) is 0 Å². The van der Waals surface area contributed by atoms with Gasteiger partial charge >= 0.3 is 6.01 Å². The molecule has 0 radical (unpaired) electrons. The minimum absolute atomic E-state index is 0.344. The van der Waals surface area contributed by atoms with E-state index in [1.54, 1.807) is 18.1 Å². The fourth-order valence-corrected chi connectivity index (χ4v) is 1.60. The predicted octanol–water partition coefficient (Wildman–Crippen LogP) is 1.41. The van der Waals surface area contributed by atoms with Crippen LogP contribution in [0.3, 0.4) is 0 Å². The van der Waals surface area contributed by atoms with E-state index in [4.69, 9.17) is 9.15 Å². The average molecular weight is 250 g/mol. The van der Waals surface area contributed by atoms with Gasteiger partial charge in [-0.05, 0) is 25.1 Å². The zero-order chi connectivity index (χ0) is 13.0. The third kappa shape index (κ3) is 3.10. The van der Waals surface area contributed by atoms with Gasteiger partial charge in [0.2, 0.25) is 0 Å². The summed E-state index contributed by atoms with van der Waals surface area (Å²) in [5.74, 6) is 1.73. The Hall–Kier alpha value is -1.82. The Morgan fingerprint density at radius 2 is 2.33 bits per heavy atom. The first-order chi connectivity index (χ1) is 8.69. The third-order valence-electron chi connectivity index (χ3n) is 2.53. The van der Waals surface area contributed by atoms with Crippen molar-refractivity contribution in [1.29, 1.82) is 0 Å². The molecule has 0 fully saturated rings. The van der Waals surface area contributed by atoms with Gasteiger partial charge in [0, 0.05) is 7.05 Å². The van der Waals surface area contributed by atoms with Gasteiger partial charge in [-0.15, -0.1) is 5.10 Å². The van der Waals surface area contributed by atoms with Crippen LogP contribution in [0.4, 0.5) is 0 Å². The van der Waals surface area contributed by atoms with Crippen LogP contribution in [-0.4, -0.2) is 21.3 Å². The van der Waals surface area contributed by atoms with Crippen molar-refractivity contribution in [3.8, 4) is 6.01 Å². The van der Waals surface area contributed by atoms with Gasteiger partial charge < -0.3 is 14.5 Å². The van der Waals surface area contributed by atoms with Crippen molar-refractivity contribution in [1.82, 2.24) is 20.1 Å². The van der Waals surface area contributed by atoms with E-state index in [1.165, 1.54) is 0 Å². The molecular formula is C12H18N4O2. The molecule has 0 atom stereocenters. The fraction of sp³-hybridized carbons (Fsp3) is 0.500. The first-order valence-electron chi connectivity index (χ1n) is 5.96. The van der Waals surface area contributed by atoms with Crippen molar-refractivity contribution < 1.29 is 9.15 Å². The van der Waals surface area contributed by atoms with E-state index in [9.17, 15) is 0 Å². The maximum Gasteiger partial charge on any atom is 0.335 e. The molecule has 98 valence electrons. The number of aromatic nitrogens is 3. The first kappa shape index (κ1) is 12.6. The van der Waals surface area contributed by atoms with Gasteiger partial charge in [0.15, 0.2) is 0 Å². The van der Waals surface area contributed by atoms with Crippen LogP contribution in [0.15, 0.2) is 16.8 Å². The molecule has 0 saturated heterocycles. The summed E-state index contributed by atoms with van der Waals surface area (Å²) >= 11 is 0. The molecule has 0 aliphatic heterocycles. The third-order valence-corrected chi connectivity index (χ3v) is 2.53. The lowest BCUT2D eigenvalue weighted by molar-refractivity contribution is 0.245. The van der Waals surface area contributed by atoms with Crippen molar-refractivity contribution in [2.24, 2.45) is 7.05 Å². The number of aryl methyl sites for hydroxylation is 2. The maximum atomic E-state index is 5.70. The van der Waals surface area contributed by atoms with Crippen molar-refractivity contribution >= 4 is 0 Å². The Bertz CT molecular complexity index is 504. The molecular weight excluding hydrogens is 232 g/mol. The summed E-state index contributed by atoms with van der Waals surface area (Å²) in [5.41, 5.74) is 1.13. The second kappa shape index (κ2) is 5.68. The van der Waals surface area contributed by atoms with Crippen molar-refractivity contribution in [3.05, 3.63) is 29.5 Å². The highest BCUT2D eigenvalue weighted by molar-refractivity contribution is 5.19. The second-order valence-corrected chi connectivity index (χ2v) is 4.09. The van der Waals surface area contributed by atoms with Crippen molar-refractivity contribution in [2.75, 3.05) is 6.54 Å². The SMILES string of the molecule is CCNCc1oc(COc2ncn(C)n2)cc1C. The molecule has 6 heteroatoms. The van der Waals surface area contributed by atoms with Crippen LogP contribution in [0.5, 0.6) is 6.01 Å². The van der Waals surface area contributed by atoms with Gasteiger partial charge in [-0.1, -0.05) is 6.92 Å². The van der Waals surface area contributed by atoms with Crippen LogP contribution in [-0.2, 0) is 20.2 Å². The number of hydrogen-bond acceptors (Lipinski definition) is 5. The summed E-state index contributed by atoms with van der Waals surface area (Å²) in [6, 6.07) is 2.34. The largest absolute Gasteiger partial charge is 0.461 e. The molecule has 2 aromatic rings. The molecule has 0 bridgehead atoms. The fourth-order valence-electron chi connectivity index (χ4n) is 1.60. The normalized spacial score (nSPS) is 10.8. The van der Waals surface area contributed by atoms with Gasteiger partial charge in [0.1, 0.15) is 24.5 Å². The molecule has 0 aliphatic rings. The molecule has 1 N–H and O–H groups in total. The number of rotatable bonds is 6. The van der Waals surface area contributed by atoms with E-state index in [2.05, 4.69) is 22.3 Å². The summed E-state index contributed by atoms with van der Waals surface area (Å²) in [4.78, 5) is 3.99. The first-order valence-corrected chi connectivity index (χ1v) is 5.96. The van der Waals surface area contributed by atoms with Crippen molar-refractivity contribution in [3.63, 3.8) is 0 Å². The summed E-state index contributed by atoms with van der Waals surface area (Å²) in [6.45, 7) is 6.10. The van der Waals surface area contributed by atoms with Crippen LogP contribution in [0.1, 0.15) is 24.0 Å². The highest BCUT2D eigenvalue weighted by Crippen LogP contribution is 2.15. The summed E-state index contributed by atoms with van der Waals surface area (Å²) < 4.78 is 12.7. The molecule has 18 heavy (non-hydrogen) atoms. The Labute approximate surface area is 106 Å². The van der Waals surface area contributed by atoms with Gasteiger partial charge in [0.05, 0.1) is 6.54 Å². The number of nitrogens with one attached hydrogen (secondary N) is 1. The number of furan rings is 1.